The Bertz CT molecular complexity index is 897. The van der Waals surface area contributed by atoms with Gasteiger partial charge in [0.1, 0.15) is 11.6 Å². The van der Waals surface area contributed by atoms with Crippen molar-refractivity contribution in [1.29, 1.82) is 0 Å². The summed E-state index contributed by atoms with van der Waals surface area (Å²) in [4.78, 5) is 12.3. The first-order valence-corrected chi connectivity index (χ1v) is 10.5. The molecule has 2 aromatic carbocycles. The van der Waals surface area contributed by atoms with E-state index in [1.54, 1.807) is 39.0 Å². The number of nitrogens with one attached hydrogen (secondary N) is 1. The summed E-state index contributed by atoms with van der Waals surface area (Å²) in [6.07, 6.45) is 0. The monoisotopic (exact) mass is 408 g/mol. The lowest BCUT2D eigenvalue weighted by Crippen LogP contribution is -2.31. The molecule has 0 aromatic heterocycles. The molecular weight excluding hydrogens is 383 g/mol. The summed E-state index contributed by atoms with van der Waals surface area (Å²) in [5, 5.41) is 2.77. The molecule has 1 atom stereocenters. The smallest absolute Gasteiger partial charge is 0.258 e. The molecule has 0 aliphatic rings. The second-order valence-corrected chi connectivity index (χ2v) is 8.13. The average molecular weight is 408 g/mol. The highest BCUT2D eigenvalue weighted by Gasteiger charge is 2.21. The van der Waals surface area contributed by atoms with Crippen molar-refractivity contribution in [2.24, 2.45) is 0 Å². The maximum absolute atomic E-state index is 13.1. The number of carbonyl (C=O) groups excluding carboxylic acids is 1. The lowest BCUT2D eigenvalue weighted by Gasteiger charge is -2.19. The van der Waals surface area contributed by atoms with E-state index in [0.29, 0.717) is 13.1 Å². The lowest BCUT2D eigenvalue weighted by molar-refractivity contribution is -0.123. The highest BCUT2D eigenvalue weighted by atomic mass is 32.2. The summed E-state index contributed by atoms with van der Waals surface area (Å²) in [7, 11) is -3.51. The van der Waals surface area contributed by atoms with Gasteiger partial charge in [0.05, 0.1) is 10.9 Å². The SMILES string of the molecule is CCN(CC)S(=O)(=O)c1ccc(C(C)NC(=O)COc2cccc(F)c2)cc1. The molecule has 2 rings (SSSR count). The first kappa shape index (κ1) is 21.8. The number of halogens is 1. The van der Waals surface area contributed by atoms with Gasteiger partial charge in [-0.05, 0) is 36.8 Å². The molecule has 28 heavy (non-hydrogen) atoms. The molecule has 0 saturated carbocycles. The van der Waals surface area contributed by atoms with E-state index in [9.17, 15) is 17.6 Å². The van der Waals surface area contributed by atoms with E-state index in [0.717, 1.165) is 5.56 Å². The fraction of sp³-hybridized carbons (Fsp3) is 0.350. The normalized spacial score (nSPS) is 12.6. The van der Waals surface area contributed by atoms with E-state index in [2.05, 4.69) is 5.32 Å². The van der Waals surface area contributed by atoms with Gasteiger partial charge >= 0.3 is 0 Å². The maximum atomic E-state index is 13.1. The predicted molar refractivity (Wildman–Crippen MR) is 105 cm³/mol. The Labute approximate surface area is 165 Å². The highest BCUT2D eigenvalue weighted by Crippen LogP contribution is 2.19. The van der Waals surface area contributed by atoms with Gasteiger partial charge in [-0.1, -0.05) is 32.0 Å². The Morgan fingerprint density at radius 3 is 2.36 bits per heavy atom. The third-order valence-electron chi connectivity index (χ3n) is 4.27. The summed E-state index contributed by atoms with van der Waals surface area (Å²) in [6.45, 7) is 5.92. The van der Waals surface area contributed by atoms with Gasteiger partial charge in [0.2, 0.25) is 10.0 Å². The minimum atomic E-state index is -3.51. The summed E-state index contributed by atoms with van der Waals surface area (Å²) < 4.78 is 44.8. The zero-order valence-electron chi connectivity index (χ0n) is 16.2. The van der Waals surface area contributed by atoms with E-state index in [4.69, 9.17) is 4.74 Å². The molecule has 1 N–H and O–H groups in total. The van der Waals surface area contributed by atoms with E-state index in [-0.39, 0.29) is 29.2 Å². The quantitative estimate of drug-likeness (QED) is 0.692. The third kappa shape index (κ3) is 5.53. The molecule has 0 heterocycles. The third-order valence-corrected chi connectivity index (χ3v) is 6.33. The van der Waals surface area contributed by atoms with Gasteiger partial charge in [-0.3, -0.25) is 4.79 Å². The summed E-state index contributed by atoms with van der Waals surface area (Å²) in [5.74, 6) is -0.531. The lowest BCUT2D eigenvalue weighted by atomic mass is 10.1. The van der Waals surface area contributed by atoms with Gasteiger partial charge in [0.25, 0.3) is 5.91 Å². The Hall–Kier alpha value is -2.45. The van der Waals surface area contributed by atoms with Gasteiger partial charge in [-0.15, -0.1) is 0 Å². The zero-order chi connectivity index (χ0) is 20.7. The standard InChI is InChI=1S/C20H25FN2O4S/c1-4-23(5-2)28(25,26)19-11-9-16(10-12-19)15(3)22-20(24)14-27-18-8-6-7-17(21)13-18/h6-13,15H,4-5,14H2,1-3H3,(H,22,24). The molecule has 0 spiro atoms. The minimum absolute atomic E-state index is 0.216. The molecule has 0 bridgehead atoms. The highest BCUT2D eigenvalue weighted by molar-refractivity contribution is 7.89. The number of ether oxygens (including phenoxy) is 1. The van der Waals surface area contributed by atoms with Crippen molar-refractivity contribution in [3.63, 3.8) is 0 Å². The van der Waals surface area contributed by atoms with Gasteiger partial charge in [0, 0.05) is 19.2 Å². The van der Waals surface area contributed by atoms with Gasteiger partial charge in [-0.2, -0.15) is 4.31 Å². The first-order valence-electron chi connectivity index (χ1n) is 9.05. The van der Waals surface area contributed by atoms with E-state index in [1.807, 2.05) is 0 Å². The topological polar surface area (TPSA) is 75.7 Å². The molecule has 0 saturated heterocycles. The molecule has 6 nitrogen and oxygen atoms in total. The van der Waals surface area contributed by atoms with Crippen molar-refractivity contribution in [3.8, 4) is 5.75 Å². The molecule has 8 heteroatoms. The number of benzene rings is 2. The second kappa shape index (κ2) is 9.66. The predicted octanol–water partition coefficient (Wildman–Crippen LogP) is 3.11. The molecule has 1 unspecified atom stereocenters. The number of sulfonamides is 1. The van der Waals surface area contributed by atoms with E-state index in [1.165, 1.54) is 34.6 Å². The number of nitrogens with zero attached hydrogens (tertiary/aromatic N) is 1. The Balaban J connectivity index is 1.97. The van der Waals surface area contributed by atoms with Crippen molar-refractivity contribution >= 4 is 15.9 Å². The first-order chi connectivity index (χ1) is 13.3. The van der Waals surface area contributed by atoms with Gasteiger partial charge in [0.15, 0.2) is 6.61 Å². The number of carbonyl (C=O) groups is 1. The fourth-order valence-corrected chi connectivity index (χ4v) is 4.17. The Morgan fingerprint density at radius 2 is 1.79 bits per heavy atom. The maximum Gasteiger partial charge on any atom is 0.258 e. The van der Waals surface area contributed by atoms with Crippen LogP contribution in [0, 0.1) is 5.82 Å². The van der Waals surface area contributed by atoms with Crippen molar-refractivity contribution in [2.75, 3.05) is 19.7 Å². The number of rotatable bonds is 9. The Morgan fingerprint density at radius 1 is 1.14 bits per heavy atom. The van der Waals surface area contributed by atoms with Crippen LogP contribution in [0.2, 0.25) is 0 Å². The van der Waals surface area contributed by atoms with Gasteiger partial charge < -0.3 is 10.1 Å². The molecule has 1 amide bonds. The van der Waals surface area contributed by atoms with Crippen LogP contribution >= 0.6 is 0 Å². The van der Waals surface area contributed by atoms with Crippen molar-refractivity contribution in [3.05, 3.63) is 59.9 Å². The summed E-state index contributed by atoms with van der Waals surface area (Å²) in [6, 6.07) is 11.6. The molecule has 152 valence electrons. The fourth-order valence-electron chi connectivity index (χ4n) is 2.71. The molecular formula is C20H25FN2O4S. The van der Waals surface area contributed by atoms with Crippen LogP contribution in [0.1, 0.15) is 32.4 Å². The average Bonchev–Trinajstić information content (AvgIpc) is 2.67. The van der Waals surface area contributed by atoms with E-state index < -0.39 is 15.8 Å². The largest absolute Gasteiger partial charge is 0.484 e. The molecule has 0 aliphatic heterocycles. The molecule has 0 aliphatic carbocycles. The van der Waals surface area contributed by atoms with Crippen LogP contribution in [0.15, 0.2) is 53.4 Å². The van der Waals surface area contributed by atoms with E-state index >= 15 is 0 Å². The van der Waals surface area contributed by atoms with Crippen LogP contribution in [0.5, 0.6) is 5.75 Å². The minimum Gasteiger partial charge on any atom is -0.484 e. The Kier molecular flexibility index (Phi) is 7.53. The zero-order valence-corrected chi connectivity index (χ0v) is 17.0. The van der Waals surface area contributed by atoms with Gasteiger partial charge in [-0.25, -0.2) is 12.8 Å². The number of hydrogen-bond acceptors (Lipinski definition) is 4. The van der Waals surface area contributed by atoms with Crippen molar-refractivity contribution < 1.29 is 22.3 Å². The van der Waals surface area contributed by atoms with Crippen LogP contribution in [0.3, 0.4) is 0 Å². The molecule has 2 aromatic rings. The van der Waals surface area contributed by atoms with Crippen molar-refractivity contribution in [1.82, 2.24) is 9.62 Å². The summed E-state index contributed by atoms with van der Waals surface area (Å²) >= 11 is 0. The summed E-state index contributed by atoms with van der Waals surface area (Å²) in [5.41, 5.74) is 0.762. The number of amides is 1. The van der Waals surface area contributed by atoms with Crippen LogP contribution in [0.25, 0.3) is 0 Å². The molecule has 0 fully saturated rings. The van der Waals surface area contributed by atoms with Crippen LogP contribution < -0.4 is 10.1 Å². The van der Waals surface area contributed by atoms with Crippen LogP contribution in [-0.4, -0.2) is 38.3 Å². The van der Waals surface area contributed by atoms with Crippen LogP contribution in [-0.2, 0) is 14.8 Å². The van der Waals surface area contributed by atoms with Crippen molar-refractivity contribution in [2.45, 2.75) is 31.7 Å². The van der Waals surface area contributed by atoms with Crippen LogP contribution in [0.4, 0.5) is 4.39 Å². The second-order valence-electron chi connectivity index (χ2n) is 6.19. The number of hydrogen-bond donors (Lipinski definition) is 1. The molecule has 0 radical (unpaired) electrons.